The zero-order valence-electron chi connectivity index (χ0n) is 9.12. The number of thiazole rings is 1. The third-order valence-corrected chi connectivity index (χ3v) is 3.86. The molecule has 1 aliphatic carbocycles. The van der Waals surface area contributed by atoms with Crippen molar-refractivity contribution in [1.29, 1.82) is 5.26 Å². The van der Waals surface area contributed by atoms with E-state index < -0.39 is 5.41 Å². The van der Waals surface area contributed by atoms with Gasteiger partial charge in [-0.1, -0.05) is 0 Å². The summed E-state index contributed by atoms with van der Waals surface area (Å²) in [4.78, 5) is 16.9. The van der Waals surface area contributed by atoms with E-state index in [2.05, 4.69) is 16.4 Å². The molecule has 2 rings (SSSR count). The van der Waals surface area contributed by atoms with E-state index in [1.54, 1.807) is 17.5 Å². The molecule has 4 nitrogen and oxygen atoms in total. The SMILES string of the molecule is Cc1ncc(CNC(=O)C2(C#N)CCC2)s1. The molecule has 1 fully saturated rings. The van der Waals surface area contributed by atoms with Crippen molar-refractivity contribution in [3.8, 4) is 6.07 Å². The van der Waals surface area contributed by atoms with Crippen molar-refractivity contribution in [3.63, 3.8) is 0 Å². The lowest BCUT2D eigenvalue weighted by Crippen LogP contribution is -2.44. The Bertz CT molecular complexity index is 442. The first-order chi connectivity index (χ1) is 7.66. The van der Waals surface area contributed by atoms with Gasteiger partial charge in [0.15, 0.2) is 0 Å². The van der Waals surface area contributed by atoms with Gasteiger partial charge >= 0.3 is 0 Å². The van der Waals surface area contributed by atoms with Crippen LogP contribution in [0.15, 0.2) is 6.20 Å². The standard InChI is InChI=1S/C11H13N3OS/c1-8-13-5-9(16-8)6-14-10(15)11(7-12)3-2-4-11/h5H,2-4,6H2,1H3,(H,14,15). The number of amides is 1. The molecule has 1 aromatic heterocycles. The first-order valence-electron chi connectivity index (χ1n) is 5.27. The number of hydrogen-bond donors (Lipinski definition) is 1. The molecule has 0 bridgehead atoms. The zero-order valence-corrected chi connectivity index (χ0v) is 9.93. The maximum atomic E-state index is 11.8. The predicted molar refractivity (Wildman–Crippen MR) is 60.6 cm³/mol. The summed E-state index contributed by atoms with van der Waals surface area (Å²) in [6, 6.07) is 2.13. The minimum absolute atomic E-state index is 0.132. The Morgan fingerprint density at radius 2 is 2.50 bits per heavy atom. The van der Waals surface area contributed by atoms with E-state index in [4.69, 9.17) is 5.26 Å². The van der Waals surface area contributed by atoms with E-state index in [-0.39, 0.29) is 5.91 Å². The van der Waals surface area contributed by atoms with Crippen LogP contribution >= 0.6 is 11.3 Å². The van der Waals surface area contributed by atoms with Crippen molar-refractivity contribution in [2.75, 3.05) is 0 Å². The fourth-order valence-corrected chi connectivity index (χ4v) is 2.48. The molecule has 1 aliphatic rings. The van der Waals surface area contributed by atoms with E-state index in [1.807, 2.05) is 6.92 Å². The summed E-state index contributed by atoms with van der Waals surface area (Å²) in [5.74, 6) is -0.132. The third kappa shape index (κ3) is 1.93. The Balaban J connectivity index is 1.91. The predicted octanol–water partition coefficient (Wildman–Crippen LogP) is 1.76. The van der Waals surface area contributed by atoms with E-state index in [1.165, 1.54) is 0 Å². The third-order valence-electron chi connectivity index (χ3n) is 2.95. The molecule has 0 spiro atoms. The van der Waals surface area contributed by atoms with E-state index in [9.17, 15) is 4.79 Å². The molecule has 1 heterocycles. The van der Waals surface area contributed by atoms with Gasteiger partial charge in [-0.15, -0.1) is 11.3 Å². The lowest BCUT2D eigenvalue weighted by molar-refractivity contribution is -0.131. The normalized spacial score (nSPS) is 17.2. The number of aromatic nitrogens is 1. The van der Waals surface area contributed by atoms with Crippen LogP contribution in [0.1, 0.15) is 29.1 Å². The van der Waals surface area contributed by atoms with Gasteiger partial charge in [-0.05, 0) is 26.2 Å². The first kappa shape index (κ1) is 11.1. The van der Waals surface area contributed by atoms with Crippen LogP contribution in [-0.2, 0) is 11.3 Å². The van der Waals surface area contributed by atoms with Crippen molar-refractivity contribution in [3.05, 3.63) is 16.1 Å². The molecule has 0 saturated heterocycles. The molecule has 0 radical (unpaired) electrons. The van der Waals surface area contributed by atoms with Gasteiger partial charge in [-0.2, -0.15) is 5.26 Å². The Morgan fingerprint density at radius 1 is 1.75 bits per heavy atom. The molecule has 0 atom stereocenters. The van der Waals surface area contributed by atoms with Crippen molar-refractivity contribution in [1.82, 2.24) is 10.3 Å². The Labute approximate surface area is 98.3 Å². The summed E-state index contributed by atoms with van der Waals surface area (Å²) in [6.45, 7) is 2.41. The molecule has 5 heteroatoms. The smallest absolute Gasteiger partial charge is 0.240 e. The molecule has 1 aromatic rings. The van der Waals surface area contributed by atoms with E-state index >= 15 is 0 Å². The monoisotopic (exact) mass is 235 g/mol. The van der Waals surface area contributed by atoms with Crippen LogP contribution in [0.4, 0.5) is 0 Å². The number of carbonyl (C=O) groups is 1. The number of aryl methyl sites for hydroxylation is 1. The maximum Gasteiger partial charge on any atom is 0.240 e. The quantitative estimate of drug-likeness (QED) is 0.868. The summed E-state index contributed by atoms with van der Waals surface area (Å²) in [5.41, 5.74) is -0.750. The molecule has 0 aliphatic heterocycles. The number of rotatable bonds is 3. The highest BCUT2D eigenvalue weighted by atomic mass is 32.1. The first-order valence-corrected chi connectivity index (χ1v) is 6.09. The molecule has 84 valence electrons. The summed E-state index contributed by atoms with van der Waals surface area (Å²) in [7, 11) is 0. The van der Waals surface area contributed by atoms with Gasteiger partial charge in [0.2, 0.25) is 5.91 Å². The minimum atomic E-state index is -0.750. The van der Waals surface area contributed by atoms with Crippen LogP contribution in [0.25, 0.3) is 0 Å². The van der Waals surface area contributed by atoms with Gasteiger partial charge < -0.3 is 5.32 Å². The number of carbonyl (C=O) groups excluding carboxylic acids is 1. The average molecular weight is 235 g/mol. The van der Waals surface area contributed by atoms with Gasteiger partial charge in [0.1, 0.15) is 5.41 Å². The van der Waals surface area contributed by atoms with Gasteiger partial charge in [-0.3, -0.25) is 4.79 Å². The van der Waals surface area contributed by atoms with E-state index in [0.29, 0.717) is 19.4 Å². The fraction of sp³-hybridized carbons (Fsp3) is 0.545. The zero-order chi connectivity index (χ0) is 11.6. The van der Waals surface area contributed by atoms with E-state index in [0.717, 1.165) is 16.3 Å². The minimum Gasteiger partial charge on any atom is -0.350 e. The molecule has 1 saturated carbocycles. The second-order valence-corrected chi connectivity index (χ2v) is 5.40. The Hall–Kier alpha value is -1.41. The van der Waals surface area contributed by atoms with Crippen LogP contribution in [-0.4, -0.2) is 10.9 Å². The molecule has 0 unspecified atom stereocenters. The number of nitriles is 1. The fourth-order valence-electron chi connectivity index (χ4n) is 1.74. The van der Waals surface area contributed by atoms with Gasteiger partial charge in [0.25, 0.3) is 0 Å². The molecule has 1 amide bonds. The lowest BCUT2D eigenvalue weighted by atomic mass is 9.69. The highest BCUT2D eigenvalue weighted by Crippen LogP contribution is 2.40. The topological polar surface area (TPSA) is 65.8 Å². The van der Waals surface area contributed by atoms with Crippen LogP contribution < -0.4 is 5.32 Å². The average Bonchev–Trinajstić information content (AvgIpc) is 2.60. The van der Waals surface area contributed by atoms with Crippen LogP contribution in [0.3, 0.4) is 0 Å². The van der Waals surface area contributed by atoms with Crippen molar-refractivity contribution in [2.45, 2.75) is 32.7 Å². The van der Waals surface area contributed by atoms with Crippen molar-refractivity contribution >= 4 is 17.2 Å². The van der Waals surface area contributed by atoms with Crippen LogP contribution in [0, 0.1) is 23.7 Å². The maximum absolute atomic E-state index is 11.8. The van der Waals surface area contributed by atoms with Crippen molar-refractivity contribution < 1.29 is 4.79 Å². The van der Waals surface area contributed by atoms with Crippen LogP contribution in [0.5, 0.6) is 0 Å². The highest BCUT2D eigenvalue weighted by Gasteiger charge is 2.44. The summed E-state index contributed by atoms with van der Waals surface area (Å²) >= 11 is 1.56. The van der Waals surface area contributed by atoms with Crippen LogP contribution in [0.2, 0.25) is 0 Å². The summed E-state index contributed by atoms with van der Waals surface area (Å²) in [5, 5.41) is 12.8. The molecule has 16 heavy (non-hydrogen) atoms. The summed E-state index contributed by atoms with van der Waals surface area (Å²) < 4.78 is 0. The number of nitrogens with zero attached hydrogens (tertiary/aromatic N) is 2. The number of nitrogens with one attached hydrogen (secondary N) is 1. The highest BCUT2D eigenvalue weighted by molar-refractivity contribution is 7.11. The summed E-state index contributed by atoms with van der Waals surface area (Å²) in [6.07, 6.45) is 4.12. The second-order valence-electron chi connectivity index (χ2n) is 4.08. The lowest BCUT2D eigenvalue weighted by Gasteiger charge is -2.33. The number of hydrogen-bond acceptors (Lipinski definition) is 4. The molecular weight excluding hydrogens is 222 g/mol. The molecular formula is C11H13N3OS. The Morgan fingerprint density at radius 3 is 2.94 bits per heavy atom. The molecule has 1 N–H and O–H groups in total. The second kappa shape index (κ2) is 4.22. The van der Waals surface area contributed by atoms with Gasteiger partial charge in [-0.25, -0.2) is 4.98 Å². The Kier molecular flexibility index (Phi) is 2.92. The largest absolute Gasteiger partial charge is 0.350 e. The molecule has 0 aromatic carbocycles. The van der Waals surface area contributed by atoms with Crippen molar-refractivity contribution in [2.24, 2.45) is 5.41 Å². The van der Waals surface area contributed by atoms with Gasteiger partial charge in [0.05, 0.1) is 17.6 Å². The van der Waals surface area contributed by atoms with Gasteiger partial charge in [0, 0.05) is 11.1 Å².